The first-order valence-electron chi connectivity index (χ1n) is 14.2. The highest BCUT2D eigenvalue weighted by atomic mass is 35.5. The second-order valence-electron chi connectivity index (χ2n) is 10.7. The number of H-pyrrole nitrogens is 2. The molecule has 0 amide bonds. The molecule has 9 rings (SSSR count). The van der Waals surface area contributed by atoms with Crippen LogP contribution in [0.3, 0.4) is 0 Å². The number of nitrogens with zero attached hydrogens (tertiary/aromatic N) is 2. The van der Waals surface area contributed by atoms with Gasteiger partial charge in [-0.2, -0.15) is 0 Å². The summed E-state index contributed by atoms with van der Waals surface area (Å²) in [5.74, 6) is 0. The Bertz CT molecular complexity index is 2340. The first kappa shape index (κ1) is 25.3. The minimum absolute atomic E-state index is 0.818. The summed E-state index contributed by atoms with van der Waals surface area (Å²) in [5, 5.41) is 8.13. The van der Waals surface area contributed by atoms with Crippen LogP contribution in [0, 0.1) is 0 Å². The maximum Gasteiger partial charge on any atom is 0.0659 e. The molecule has 2 aliphatic heterocycles. The van der Waals surface area contributed by atoms with E-state index < -0.39 is 0 Å². The van der Waals surface area contributed by atoms with E-state index in [2.05, 4.69) is 105 Å². The van der Waals surface area contributed by atoms with Crippen LogP contribution in [-0.2, 0) is 0 Å². The van der Waals surface area contributed by atoms with Crippen LogP contribution in [0.15, 0.2) is 115 Å². The zero-order valence-electron chi connectivity index (χ0n) is 23.1. The van der Waals surface area contributed by atoms with Crippen molar-refractivity contribution in [3.63, 3.8) is 0 Å². The van der Waals surface area contributed by atoms with Gasteiger partial charge in [0.05, 0.1) is 22.8 Å². The number of rotatable bonds is 0. The number of aromatic amines is 2. The van der Waals surface area contributed by atoms with E-state index >= 15 is 0 Å². The first-order chi connectivity index (χ1) is 21.1. The smallest absolute Gasteiger partial charge is 0.0659 e. The van der Waals surface area contributed by atoms with Crippen molar-refractivity contribution in [2.45, 2.75) is 0 Å². The van der Waals surface area contributed by atoms with E-state index in [9.17, 15) is 0 Å². The standard InChI is InChI=1S/C20H14N4.C18H11Cl/c1-2-14-10-16-5-6-18(23-16)12-20-8-7-19(24-20)11-17-4-3-15(22-17)9-13(1)21-14;19-17-7-3-6-12-8-9-15-10-13-4-1-2-5-14(13)11-16(15)18(12)17/h1-12,21-22H;1-11H. The maximum atomic E-state index is 6.39. The molecule has 8 bridgehead atoms. The number of halogens is 1. The minimum atomic E-state index is 0.818. The van der Waals surface area contributed by atoms with Crippen molar-refractivity contribution in [3.05, 3.63) is 143 Å². The molecule has 0 saturated heterocycles. The second-order valence-corrected chi connectivity index (χ2v) is 11.1. The molecule has 0 fully saturated rings. The van der Waals surface area contributed by atoms with Gasteiger partial charge in [0, 0.05) is 32.5 Å². The molecule has 0 spiro atoms. The van der Waals surface area contributed by atoms with Crippen molar-refractivity contribution in [1.82, 2.24) is 19.9 Å². The van der Waals surface area contributed by atoms with E-state index in [4.69, 9.17) is 11.6 Å². The Morgan fingerprint density at radius 1 is 0.419 bits per heavy atom. The maximum absolute atomic E-state index is 6.39. The molecule has 204 valence electrons. The van der Waals surface area contributed by atoms with Gasteiger partial charge in [-0.1, -0.05) is 60.1 Å². The topological polar surface area (TPSA) is 57.4 Å². The van der Waals surface area contributed by atoms with E-state index in [0.29, 0.717) is 0 Å². The quantitative estimate of drug-likeness (QED) is 0.140. The second kappa shape index (κ2) is 10.4. The lowest BCUT2D eigenvalue weighted by Crippen LogP contribution is -1.80. The molecule has 5 heteroatoms. The first-order valence-corrected chi connectivity index (χ1v) is 14.6. The summed E-state index contributed by atoms with van der Waals surface area (Å²) in [4.78, 5) is 16.0. The number of nitrogens with one attached hydrogen (secondary N) is 2. The minimum Gasteiger partial charge on any atom is -0.355 e. The largest absolute Gasteiger partial charge is 0.355 e. The summed E-state index contributed by atoms with van der Waals surface area (Å²) in [6.45, 7) is 0. The zero-order valence-corrected chi connectivity index (χ0v) is 23.8. The van der Waals surface area contributed by atoms with Crippen molar-refractivity contribution in [1.29, 1.82) is 0 Å². The number of benzene rings is 4. The Labute approximate surface area is 252 Å². The van der Waals surface area contributed by atoms with Crippen molar-refractivity contribution < 1.29 is 0 Å². The fraction of sp³-hybridized carbons (Fsp3) is 0. The number of aromatic nitrogens is 4. The van der Waals surface area contributed by atoms with Crippen molar-refractivity contribution in [2.24, 2.45) is 0 Å². The van der Waals surface area contributed by atoms with Gasteiger partial charge < -0.3 is 9.97 Å². The Kier molecular flexibility index (Phi) is 6.13. The van der Waals surface area contributed by atoms with Crippen molar-refractivity contribution >= 4 is 90.3 Å². The van der Waals surface area contributed by atoms with Gasteiger partial charge >= 0.3 is 0 Å². The summed E-state index contributed by atoms with van der Waals surface area (Å²) in [7, 11) is 0. The number of hydrogen-bond donors (Lipinski definition) is 2. The van der Waals surface area contributed by atoms with Gasteiger partial charge in [0.15, 0.2) is 0 Å². The average Bonchev–Trinajstić information content (AvgIpc) is 3.83. The van der Waals surface area contributed by atoms with Crippen LogP contribution < -0.4 is 0 Å². The van der Waals surface area contributed by atoms with Gasteiger partial charge in [0.1, 0.15) is 0 Å². The van der Waals surface area contributed by atoms with Crippen molar-refractivity contribution in [2.75, 3.05) is 0 Å². The molecule has 0 saturated carbocycles. The van der Waals surface area contributed by atoms with Gasteiger partial charge in [-0.3, -0.25) is 0 Å². The third kappa shape index (κ3) is 5.09. The van der Waals surface area contributed by atoms with Gasteiger partial charge in [-0.05, 0) is 118 Å². The van der Waals surface area contributed by atoms with Gasteiger partial charge in [-0.25, -0.2) is 9.97 Å². The third-order valence-electron chi connectivity index (χ3n) is 7.72. The van der Waals surface area contributed by atoms with E-state index in [1.54, 1.807) is 0 Å². The molecular formula is C38H25ClN4. The molecule has 0 unspecified atom stereocenters. The summed E-state index contributed by atoms with van der Waals surface area (Å²) in [6, 6.07) is 39.7. The normalized spacial score (nSPS) is 12.1. The predicted molar refractivity (Wildman–Crippen MR) is 183 cm³/mol. The highest BCUT2D eigenvalue weighted by Gasteiger charge is 2.06. The van der Waals surface area contributed by atoms with Crippen LogP contribution >= 0.6 is 11.6 Å². The Hall–Kier alpha value is -5.45. The lowest BCUT2D eigenvalue weighted by molar-refractivity contribution is 1.28. The van der Waals surface area contributed by atoms with Crippen molar-refractivity contribution in [3.8, 4) is 0 Å². The number of hydrogen-bond acceptors (Lipinski definition) is 2. The number of fused-ring (bicyclic) bond motifs is 12. The van der Waals surface area contributed by atoms with Gasteiger partial charge in [0.25, 0.3) is 0 Å². The van der Waals surface area contributed by atoms with Crippen LogP contribution in [0.25, 0.3) is 78.7 Å². The Morgan fingerprint density at radius 2 is 0.930 bits per heavy atom. The third-order valence-corrected chi connectivity index (χ3v) is 8.03. The molecule has 4 aromatic carbocycles. The molecule has 0 radical (unpaired) electrons. The predicted octanol–water partition coefficient (Wildman–Crippen LogP) is 10.5. The van der Waals surface area contributed by atoms with E-state index in [0.717, 1.165) is 55.3 Å². The monoisotopic (exact) mass is 572 g/mol. The molecule has 7 aromatic rings. The molecule has 3 aromatic heterocycles. The molecule has 0 atom stereocenters. The zero-order chi connectivity index (χ0) is 28.8. The lowest BCUT2D eigenvalue weighted by atomic mass is 9.98. The molecule has 2 aliphatic rings. The molecule has 5 heterocycles. The lowest BCUT2D eigenvalue weighted by Gasteiger charge is -2.07. The molecule has 43 heavy (non-hydrogen) atoms. The summed E-state index contributed by atoms with van der Waals surface area (Å²) in [5.41, 5.74) is 7.86. The fourth-order valence-electron chi connectivity index (χ4n) is 5.70. The molecule has 2 N–H and O–H groups in total. The Morgan fingerprint density at radius 3 is 1.56 bits per heavy atom. The summed E-state index contributed by atoms with van der Waals surface area (Å²) < 4.78 is 0. The SMILES string of the molecule is C1=Cc2cc3ccc(cc4ccc(cc5nc(cc1n2)C=C5)[nH]4)[nH]3.Clc1cccc2ccc3cc4ccccc4cc3c12. The van der Waals surface area contributed by atoms with Crippen LogP contribution in [0.4, 0.5) is 0 Å². The molecule has 4 nitrogen and oxygen atoms in total. The van der Waals surface area contributed by atoms with Crippen LogP contribution in [-0.4, -0.2) is 19.9 Å². The molecular weight excluding hydrogens is 548 g/mol. The van der Waals surface area contributed by atoms with Crippen LogP contribution in [0.2, 0.25) is 5.02 Å². The Balaban J connectivity index is 0.000000133. The van der Waals surface area contributed by atoms with E-state index in [1.807, 2.05) is 54.6 Å². The van der Waals surface area contributed by atoms with Crippen LogP contribution in [0.5, 0.6) is 0 Å². The summed E-state index contributed by atoms with van der Waals surface area (Å²) >= 11 is 6.39. The average molecular weight is 573 g/mol. The summed E-state index contributed by atoms with van der Waals surface area (Å²) in [6.07, 6.45) is 8.05. The van der Waals surface area contributed by atoms with Gasteiger partial charge in [0.2, 0.25) is 0 Å². The van der Waals surface area contributed by atoms with E-state index in [1.165, 1.54) is 26.9 Å². The highest BCUT2D eigenvalue weighted by molar-refractivity contribution is 6.38. The highest BCUT2D eigenvalue weighted by Crippen LogP contribution is 2.33. The van der Waals surface area contributed by atoms with Gasteiger partial charge in [-0.15, -0.1) is 0 Å². The van der Waals surface area contributed by atoms with E-state index in [-0.39, 0.29) is 0 Å². The molecule has 0 aliphatic carbocycles. The fourth-order valence-corrected chi connectivity index (χ4v) is 5.98. The van der Waals surface area contributed by atoms with Crippen LogP contribution in [0.1, 0.15) is 22.8 Å².